The van der Waals surface area contributed by atoms with Crippen LogP contribution in [0.2, 0.25) is 0 Å². The third-order valence-corrected chi connectivity index (χ3v) is 6.98. The molecule has 0 fully saturated rings. The molecular weight excluding hydrogens is 462 g/mol. The Labute approximate surface area is 198 Å². The summed E-state index contributed by atoms with van der Waals surface area (Å²) in [6.45, 7) is 5.67. The number of anilines is 1. The first-order valence-corrected chi connectivity index (χ1v) is 13.3. The van der Waals surface area contributed by atoms with Crippen LogP contribution in [0.25, 0.3) is 10.2 Å². The van der Waals surface area contributed by atoms with Crippen LogP contribution < -0.4 is 14.4 Å². The van der Waals surface area contributed by atoms with Crippen molar-refractivity contribution in [1.82, 2.24) is 9.88 Å². The minimum Gasteiger partial charge on any atom is -0.490 e. The Kier molecular flexibility index (Phi) is 7.93. The van der Waals surface area contributed by atoms with Gasteiger partial charge in [0, 0.05) is 24.9 Å². The van der Waals surface area contributed by atoms with Gasteiger partial charge in [-0.15, -0.1) is 0 Å². The average Bonchev–Trinajstić information content (AvgIpc) is 3.18. The van der Waals surface area contributed by atoms with Crippen molar-refractivity contribution in [2.45, 2.75) is 18.7 Å². The molecule has 1 aromatic heterocycles. The fraction of sp³-hybridized carbons (Fsp3) is 0.391. The van der Waals surface area contributed by atoms with E-state index in [4.69, 9.17) is 9.47 Å². The van der Waals surface area contributed by atoms with E-state index in [1.165, 1.54) is 17.4 Å². The highest BCUT2D eigenvalue weighted by molar-refractivity contribution is 7.91. The highest BCUT2D eigenvalue weighted by Gasteiger charge is 2.24. The zero-order valence-corrected chi connectivity index (χ0v) is 21.1. The van der Waals surface area contributed by atoms with Crippen LogP contribution in [-0.2, 0) is 9.84 Å². The zero-order chi connectivity index (χ0) is 24.2. The Morgan fingerprint density at radius 3 is 2.36 bits per heavy atom. The number of benzene rings is 2. The second-order valence-electron chi connectivity index (χ2n) is 7.66. The number of likely N-dealkylation sites (N-methyl/N-ethyl adjacent to an activating group) is 1. The Bertz CT molecular complexity index is 1240. The van der Waals surface area contributed by atoms with E-state index in [1.807, 2.05) is 38.9 Å². The number of amides is 1. The van der Waals surface area contributed by atoms with Crippen LogP contribution in [0.1, 0.15) is 24.2 Å². The number of aromatic nitrogens is 1. The van der Waals surface area contributed by atoms with Gasteiger partial charge in [-0.1, -0.05) is 17.4 Å². The van der Waals surface area contributed by atoms with Crippen LogP contribution >= 0.6 is 11.3 Å². The van der Waals surface area contributed by atoms with Gasteiger partial charge in [-0.05, 0) is 58.3 Å². The molecule has 1 heterocycles. The summed E-state index contributed by atoms with van der Waals surface area (Å²) in [5.41, 5.74) is 0.813. The predicted octanol–water partition coefficient (Wildman–Crippen LogP) is 3.71. The number of para-hydroxylation sites is 1. The Balaban J connectivity index is 2.06. The number of nitrogens with zero attached hydrogens (tertiary/aromatic N) is 3. The third-order valence-electron chi connectivity index (χ3n) is 4.81. The fourth-order valence-electron chi connectivity index (χ4n) is 3.25. The summed E-state index contributed by atoms with van der Waals surface area (Å²) in [6, 6.07) is 10.1. The van der Waals surface area contributed by atoms with Crippen molar-refractivity contribution in [2.75, 3.05) is 51.6 Å². The van der Waals surface area contributed by atoms with Crippen molar-refractivity contribution >= 4 is 42.4 Å². The summed E-state index contributed by atoms with van der Waals surface area (Å²) in [4.78, 5) is 21.9. The number of carbonyl (C=O) groups excluding carboxylic acids is 1. The molecule has 0 aliphatic carbocycles. The number of thiazole rings is 1. The van der Waals surface area contributed by atoms with Gasteiger partial charge in [0.2, 0.25) is 0 Å². The van der Waals surface area contributed by atoms with Crippen LogP contribution in [0.15, 0.2) is 41.3 Å². The lowest BCUT2D eigenvalue weighted by molar-refractivity contribution is 0.0984. The van der Waals surface area contributed by atoms with Crippen LogP contribution in [-0.4, -0.2) is 70.9 Å². The summed E-state index contributed by atoms with van der Waals surface area (Å²) in [6.07, 6.45) is 1.16. The number of hydrogen-bond donors (Lipinski definition) is 0. The molecule has 0 saturated carbocycles. The SMILES string of the molecule is CCOc1ccc(C(=O)N(CCN(C)C)c2nc3c(S(C)(=O)=O)cccc3s2)cc1OCC. The lowest BCUT2D eigenvalue weighted by atomic mass is 10.1. The van der Waals surface area contributed by atoms with Crippen LogP contribution in [0.4, 0.5) is 5.13 Å². The van der Waals surface area contributed by atoms with Crippen molar-refractivity contribution in [3.8, 4) is 11.5 Å². The summed E-state index contributed by atoms with van der Waals surface area (Å²) in [5.74, 6) is 0.829. The molecule has 1 amide bonds. The third kappa shape index (κ3) is 5.82. The standard InChI is InChI=1S/C23H29N3O5S2/c1-6-30-17-12-11-16(15-18(17)31-7-2)22(27)26(14-13-25(3)4)23-24-21-19(32-23)9-8-10-20(21)33(5,28)29/h8-12,15H,6-7,13-14H2,1-5H3. The van der Waals surface area contributed by atoms with E-state index in [2.05, 4.69) is 4.98 Å². The largest absolute Gasteiger partial charge is 0.490 e. The van der Waals surface area contributed by atoms with Gasteiger partial charge in [-0.2, -0.15) is 0 Å². The Morgan fingerprint density at radius 1 is 1.03 bits per heavy atom. The van der Waals surface area contributed by atoms with E-state index in [1.54, 1.807) is 29.2 Å². The molecule has 0 saturated heterocycles. The van der Waals surface area contributed by atoms with Gasteiger partial charge in [0.25, 0.3) is 5.91 Å². The van der Waals surface area contributed by atoms with E-state index < -0.39 is 9.84 Å². The highest BCUT2D eigenvalue weighted by atomic mass is 32.2. The zero-order valence-electron chi connectivity index (χ0n) is 19.5. The molecule has 2 aromatic carbocycles. The quantitative estimate of drug-likeness (QED) is 0.427. The molecule has 0 unspecified atom stereocenters. The van der Waals surface area contributed by atoms with E-state index in [-0.39, 0.29) is 10.8 Å². The minimum absolute atomic E-state index is 0.155. The molecule has 3 aromatic rings. The molecule has 0 aliphatic rings. The molecular formula is C23H29N3O5S2. The number of ether oxygens (including phenoxy) is 2. The van der Waals surface area contributed by atoms with Crippen LogP contribution in [0.3, 0.4) is 0 Å². The number of rotatable bonds is 10. The van der Waals surface area contributed by atoms with Crippen molar-refractivity contribution in [3.63, 3.8) is 0 Å². The second kappa shape index (κ2) is 10.5. The molecule has 0 aliphatic heterocycles. The van der Waals surface area contributed by atoms with Crippen molar-refractivity contribution in [1.29, 1.82) is 0 Å². The molecule has 0 N–H and O–H groups in total. The first-order valence-electron chi connectivity index (χ1n) is 10.6. The van der Waals surface area contributed by atoms with Crippen molar-refractivity contribution < 1.29 is 22.7 Å². The lowest BCUT2D eigenvalue weighted by Crippen LogP contribution is -2.36. The van der Waals surface area contributed by atoms with Crippen molar-refractivity contribution in [3.05, 3.63) is 42.0 Å². The summed E-state index contributed by atoms with van der Waals surface area (Å²) in [5, 5.41) is 0.444. The number of carbonyl (C=O) groups is 1. The maximum Gasteiger partial charge on any atom is 0.260 e. The van der Waals surface area contributed by atoms with Gasteiger partial charge in [0.15, 0.2) is 26.5 Å². The van der Waals surface area contributed by atoms with Gasteiger partial charge in [-0.25, -0.2) is 13.4 Å². The van der Waals surface area contributed by atoms with E-state index >= 15 is 0 Å². The smallest absolute Gasteiger partial charge is 0.260 e. The molecule has 178 valence electrons. The summed E-state index contributed by atoms with van der Waals surface area (Å²) >= 11 is 1.29. The highest BCUT2D eigenvalue weighted by Crippen LogP contribution is 2.34. The van der Waals surface area contributed by atoms with Gasteiger partial charge in [-0.3, -0.25) is 9.69 Å². The van der Waals surface area contributed by atoms with Gasteiger partial charge >= 0.3 is 0 Å². The van der Waals surface area contributed by atoms with Gasteiger partial charge in [0.1, 0.15) is 5.52 Å². The Morgan fingerprint density at radius 2 is 1.73 bits per heavy atom. The minimum atomic E-state index is -3.46. The molecule has 0 bridgehead atoms. The first-order chi connectivity index (χ1) is 15.7. The van der Waals surface area contributed by atoms with E-state index in [9.17, 15) is 13.2 Å². The first kappa shape index (κ1) is 24.9. The molecule has 8 nitrogen and oxygen atoms in total. The van der Waals surface area contributed by atoms with Crippen LogP contribution in [0.5, 0.6) is 11.5 Å². The molecule has 3 rings (SSSR count). The number of hydrogen-bond acceptors (Lipinski definition) is 8. The topological polar surface area (TPSA) is 89.0 Å². The van der Waals surface area contributed by atoms with Gasteiger partial charge in [0.05, 0.1) is 22.8 Å². The maximum absolute atomic E-state index is 13.6. The monoisotopic (exact) mass is 491 g/mol. The normalized spacial score (nSPS) is 11.7. The van der Waals surface area contributed by atoms with Crippen molar-refractivity contribution in [2.24, 2.45) is 0 Å². The molecule has 0 radical (unpaired) electrons. The fourth-order valence-corrected chi connectivity index (χ4v) is 5.16. The molecule has 0 atom stereocenters. The van der Waals surface area contributed by atoms with E-state index in [0.29, 0.717) is 58.7 Å². The van der Waals surface area contributed by atoms with Gasteiger partial charge < -0.3 is 14.4 Å². The predicted molar refractivity (Wildman–Crippen MR) is 132 cm³/mol. The summed E-state index contributed by atoms with van der Waals surface area (Å²) < 4.78 is 36.5. The molecule has 10 heteroatoms. The second-order valence-corrected chi connectivity index (χ2v) is 10.7. The number of sulfone groups is 1. The summed E-state index contributed by atoms with van der Waals surface area (Å²) in [7, 11) is 0.387. The van der Waals surface area contributed by atoms with E-state index in [0.717, 1.165) is 6.26 Å². The molecule has 33 heavy (non-hydrogen) atoms. The average molecular weight is 492 g/mol. The Hall–Kier alpha value is -2.69. The maximum atomic E-state index is 13.6. The molecule has 0 spiro atoms. The number of fused-ring (bicyclic) bond motifs is 1. The lowest BCUT2D eigenvalue weighted by Gasteiger charge is -2.22. The van der Waals surface area contributed by atoms with Crippen LogP contribution in [0, 0.1) is 0 Å².